The molecule has 0 amide bonds. The van der Waals surface area contributed by atoms with E-state index in [1.807, 2.05) is 11.7 Å². The van der Waals surface area contributed by atoms with E-state index in [9.17, 15) is 0 Å². The van der Waals surface area contributed by atoms with Crippen LogP contribution in [0.15, 0.2) is 0 Å². The molecule has 2 heterocycles. The number of hydrogen-bond acceptors (Lipinski definition) is 4. The molecular weight excluding hydrogens is 228 g/mol. The highest BCUT2D eigenvalue weighted by molar-refractivity contribution is 5.51. The van der Waals surface area contributed by atoms with Gasteiger partial charge < -0.3 is 15.4 Å². The molecule has 1 aliphatic rings. The maximum Gasteiger partial charge on any atom is 0.130 e. The molecule has 1 aromatic rings. The van der Waals surface area contributed by atoms with Gasteiger partial charge in [-0.15, -0.1) is 0 Å². The molecule has 18 heavy (non-hydrogen) atoms. The Morgan fingerprint density at radius 2 is 2.17 bits per heavy atom. The molecule has 102 valence electrons. The Morgan fingerprint density at radius 1 is 1.44 bits per heavy atom. The van der Waals surface area contributed by atoms with Crippen LogP contribution in [-0.2, 0) is 18.2 Å². The van der Waals surface area contributed by atoms with Gasteiger partial charge in [-0.25, -0.2) is 0 Å². The SMILES string of the molecule is Cc1nn(C)c(N2CC(C)OCC2C)c1CCN. The quantitative estimate of drug-likeness (QED) is 0.866. The van der Waals surface area contributed by atoms with Crippen LogP contribution in [-0.4, -0.2) is 41.6 Å². The van der Waals surface area contributed by atoms with Crippen molar-refractivity contribution in [2.75, 3.05) is 24.6 Å². The number of nitrogens with zero attached hydrogens (tertiary/aromatic N) is 3. The second-order valence-electron chi connectivity index (χ2n) is 5.20. The van der Waals surface area contributed by atoms with Crippen molar-refractivity contribution < 1.29 is 4.74 Å². The molecule has 0 aliphatic carbocycles. The zero-order valence-electron chi connectivity index (χ0n) is 11.8. The molecule has 1 aliphatic heterocycles. The lowest BCUT2D eigenvalue weighted by Gasteiger charge is -2.38. The normalized spacial score (nSPS) is 24.6. The fourth-order valence-electron chi connectivity index (χ4n) is 2.68. The number of anilines is 1. The van der Waals surface area contributed by atoms with E-state index in [-0.39, 0.29) is 6.10 Å². The molecule has 1 aromatic heterocycles. The Morgan fingerprint density at radius 3 is 2.83 bits per heavy atom. The highest BCUT2D eigenvalue weighted by atomic mass is 16.5. The van der Waals surface area contributed by atoms with Crippen molar-refractivity contribution >= 4 is 5.82 Å². The van der Waals surface area contributed by atoms with Crippen LogP contribution in [0.3, 0.4) is 0 Å². The van der Waals surface area contributed by atoms with Crippen molar-refractivity contribution in [3.05, 3.63) is 11.3 Å². The van der Waals surface area contributed by atoms with Gasteiger partial charge in [0, 0.05) is 19.2 Å². The van der Waals surface area contributed by atoms with Crippen molar-refractivity contribution in [1.29, 1.82) is 0 Å². The molecule has 0 bridgehead atoms. The Balaban J connectivity index is 2.36. The summed E-state index contributed by atoms with van der Waals surface area (Å²) >= 11 is 0. The molecule has 2 N–H and O–H groups in total. The zero-order chi connectivity index (χ0) is 13.3. The third kappa shape index (κ3) is 2.37. The van der Waals surface area contributed by atoms with Gasteiger partial charge in [-0.2, -0.15) is 5.10 Å². The van der Waals surface area contributed by atoms with Gasteiger partial charge in [-0.1, -0.05) is 0 Å². The van der Waals surface area contributed by atoms with E-state index in [2.05, 4.69) is 30.8 Å². The zero-order valence-corrected chi connectivity index (χ0v) is 11.8. The van der Waals surface area contributed by atoms with Gasteiger partial charge in [0.2, 0.25) is 0 Å². The molecule has 1 saturated heterocycles. The molecule has 2 unspecified atom stereocenters. The first-order valence-electron chi connectivity index (χ1n) is 6.65. The minimum atomic E-state index is 0.266. The summed E-state index contributed by atoms with van der Waals surface area (Å²) in [6.07, 6.45) is 1.15. The molecule has 0 aromatic carbocycles. The minimum absolute atomic E-state index is 0.266. The number of nitrogens with two attached hydrogens (primary N) is 1. The first kappa shape index (κ1) is 13.4. The number of rotatable bonds is 3. The summed E-state index contributed by atoms with van der Waals surface area (Å²) in [5, 5.41) is 4.54. The number of ether oxygens (including phenoxy) is 1. The maximum atomic E-state index is 5.72. The van der Waals surface area contributed by atoms with Crippen molar-refractivity contribution in [3.8, 4) is 0 Å². The van der Waals surface area contributed by atoms with E-state index in [0.29, 0.717) is 12.6 Å². The summed E-state index contributed by atoms with van der Waals surface area (Å²) < 4.78 is 7.67. The molecule has 2 rings (SSSR count). The number of hydrogen-bond donors (Lipinski definition) is 1. The first-order chi connectivity index (χ1) is 8.54. The smallest absolute Gasteiger partial charge is 0.130 e. The number of aromatic nitrogens is 2. The van der Waals surface area contributed by atoms with Crippen LogP contribution in [0.4, 0.5) is 5.82 Å². The largest absolute Gasteiger partial charge is 0.375 e. The predicted octanol–water partition coefficient (Wildman–Crippen LogP) is 0.843. The topological polar surface area (TPSA) is 56.3 Å². The summed E-state index contributed by atoms with van der Waals surface area (Å²) in [5.41, 5.74) is 8.08. The third-order valence-electron chi connectivity index (χ3n) is 3.59. The van der Waals surface area contributed by atoms with E-state index >= 15 is 0 Å². The Labute approximate surface area is 109 Å². The Kier molecular flexibility index (Phi) is 3.92. The second kappa shape index (κ2) is 5.28. The van der Waals surface area contributed by atoms with Crippen LogP contribution < -0.4 is 10.6 Å². The van der Waals surface area contributed by atoms with E-state index in [1.54, 1.807) is 0 Å². The molecule has 5 nitrogen and oxygen atoms in total. The van der Waals surface area contributed by atoms with Crippen LogP contribution in [0.5, 0.6) is 0 Å². The van der Waals surface area contributed by atoms with E-state index in [4.69, 9.17) is 10.5 Å². The molecule has 1 fully saturated rings. The van der Waals surface area contributed by atoms with Gasteiger partial charge in [0.15, 0.2) is 0 Å². The van der Waals surface area contributed by atoms with Gasteiger partial charge >= 0.3 is 0 Å². The lowest BCUT2D eigenvalue weighted by atomic mass is 10.1. The van der Waals surface area contributed by atoms with Crippen LogP contribution in [0.25, 0.3) is 0 Å². The lowest BCUT2D eigenvalue weighted by Crippen LogP contribution is -2.48. The third-order valence-corrected chi connectivity index (χ3v) is 3.59. The molecule has 0 spiro atoms. The van der Waals surface area contributed by atoms with Crippen LogP contribution in [0.2, 0.25) is 0 Å². The predicted molar refractivity (Wildman–Crippen MR) is 72.9 cm³/mol. The molecule has 0 radical (unpaired) electrons. The summed E-state index contributed by atoms with van der Waals surface area (Å²) in [7, 11) is 2.01. The highest BCUT2D eigenvalue weighted by Gasteiger charge is 2.28. The molecular formula is C13H24N4O. The van der Waals surface area contributed by atoms with E-state index in [0.717, 1.165) is 25.3 Å². The summed E-state index contributed by atoms with van der Waals surface area (Å²) in [5.74, 6) is 1.21. The summed E-state index contributed by atoms with van der Waals surface area (Å²) in [6, 6.07) is 0.382. The average Bonchev–Trinajstić information content (AvgIpc) is 2.58. The average molecular weight is 252 g/mol. The highest BCUT2D eigenvalue weighted by Crippen LogP contribution is 2.27. The van der Waals surface area contributed by atoms with Gasteiger partial charge in [0.1, 0.15) is 5.82 Å². The van der Waals surface area contributed by atoms with Crippen LogP contribution in [0.1, 0.15) is 25.1 Å². The minimum Gasteiger partial charge on any atom is -0.375 e. The van der Waals surface area contributed by atoms with E-state index < -0.39 is 0 Å². The fraction of sp³-hybridized carbons (Fsp3) is 0.769. The van der Waals surface area contributed by atoms with Crippen molar-refractivity contribution in [2.24, 2.45) is 12.8 Å². The Hall–Kier alpha value is -1.07. The first-order valence-corrected chi connectivity index (χ1v) is 6.65. The number of aryl methyl sites for hydroxylation is 2. The van der Waals surface area contributed by atoms with Gasteiger partial charge in [-0.05, 0) is 33.7 Å². The maximum absolute atomic E-state index is 5.72. The fourth-order valence-corrected chi connectivity index (χ4v) is 2.68. The van der Waals surface area contributed by atoms with Crippen LogP contribution >= 0.6 is 0 Å². The van der Waals surface area contributed by atoms with Crippen molar-refractivity contribution in [2.45, 2.75) is 39.3 Å². The lowest BCUT2D eigenvalue weighted by molar-refractivity contribution is 0.0337. The van der Waals surface area contributed by atoms with Gasteiger partial charge in [0.05, 0.1) is 24.4 Å². The standard InChI is InChI=1S/C13H24N4O/c1-9-8-18-10(2)7-17(9)13-12(5-6-14)11(3)15-16(13)4/h9-10H,5-8,14H2,1-4H3. The summed E-state index contributed by atoms with van der Waals surface area (Å²) in [4.78, 5) is 2.40. The van der Waals surface area contributed by atoms with Gasteiger partial charge in [-0.3, -0.25) is 4.68 Å². The van der Waals surface area contributed by atoms with Crippen LogP contribution in [0, 0.1) is 6.92 Å². The molecule has 2 atom stereocenters. The van der Waals surface area contributed by atoms with Crippen molar-refractivity contribution in [3.63, 3.8) is 0 Å². The second-order valence-corrected chi connectivity index (χ2v) is 5.20. The van der Waals surface area contributed by atoms with Gasteiger partial charge in [0.25, 0.3) is 0 Å². The molecule has 5 heteroatoms. The summed E-state index contributed by atoms with van der Waals surface area (Å²) in [6.45, 7) is 8.72. The van der Waals surface area contributed by atoms with E-state index in [1.165, 1.54) is 11.4 Å². The monoisotopic (exact) mass is 252 g/mol. The number of morpholine rings is 1. The Bertz CT molecular complexity index is 415. The molecule has 0 saturated carbocycles. The van der Waals surface area contributed by atoms with Crippen molar-refractivity contribution in [1.82, 2.24) is 9.78 Å².